The van der Waals surface area contributed by atoms with Gasteiger partial charge in [-0.2, -0.15) is 0 Å². The topological polar surface area (TPSA) is 36.1 Å². The zero-order valence-corrected chi connectivity index (χ0v) is 12.8. The smallest absolute Gasteiger partial charge is 0.265 e. The van der Waals surface area contributed by atoms with E-state index in [0.717, 1.165) is 32.5 Å². The highest BCUT2D eigenvalue weighted by molar-refractivity contribution is 7.94. The van der Waals surface area contributed by atoms with Gasteiger partial charge in [0.15, 0.2) is 10.6 Å². The number of rotatable bonds is 0. The number of anilines is 2. The summed E-state index contributed by atoms with van der Waals surface area (Å²) in [6.07, 6.45) is 0. The van der Waals surface area contributed by atoms with Crippen LogP contribution >= 0.6 is 32.0 Å². The highest BCUT2D eigenvalue weighted by Gasteiger charge is 2.62. The van der Waals surface area contributed by atoms with Gasteiger partial charge in [-0.05, 0) is 24.3 Å². The molecule has 20 heavy (non-hydrogen) atoms. The van der Waals surface area contributed by atoms with Gasteiger partial charge in [0.2, 0.25) is 0 Å². The van der Waals surface area contributed by atoms with Gasteiger partial charge in [0.05, 0.1) is 22.5 Å². The Morgan fingerprint density at radius 3 is 1.75 bits per heavy atom. The van der Waals surface area contributed by atoms with Gasteiger partial charge < -0.3 is 5.32 Å². The summed E-state index contributed by atoms with van der Waals surface area (Å²) in [6, 6.07) is 12.5. The largest absolute Gasteiger partial charge is 0.349 e. The monoisotopic (exact) mass is 314 g/mol. The van der Waals surface area contributed by atoms with Gasteiger partial charge in [-0.1, -0.05) is 36.6 Å². The minimum atomic E-state index is -1.90. The Bertz CT molecular complexity index is 777. The molecule has 0 aromatic heterocycles. The highest BCUT2D eigenvalue weighted by Crippen LogP contribution is 2.61. The second-order valence-corrected chi connectivity index (χ2v) is 8.58. The molecule has 1 spiro atoms. The summed E-state index contributed by atoms with van der Waals surface area (Å²) >= 11 is 11.1. The summed E-state index contributed by atoms with van der Waals surface area (Å²) in [4.78, 5) is 1.63. The van der Waals surface area contributed by atoms with Crippen LogP contribution in [0, 0.1) is 0 Å². The van der Waals surface area contributed by atoms with Crippen LogP contribution in [0.15, 0.2) is 36.4 Å². The lowest BCUT2D eigenvalue weighted by Gasteiger charge is -2.26. The van der Waals surface area contributed by atoms with E-state index in [1.165, 1.54) is 10.6 Å². The molecule has 96 valence electrons. The fraction of sp³-hybridized carbons (Fsp3) is 0. The van der Waals surface area contributed by atoms with Crippen molar-refractivity contribution in [1.29, 1.82) is 0 Å². The van der Waals surface area contributed by atoms with Crippen LogP contribution in [0.25, 0.3) is 0 Å². The summed E-state index contributed by atoms with van der Waals surface area (Å²) in [5, 5.41) is 13.2. The summed E-state index contributed by atoms with van der Waals surface area (Å²) < 4.78 is 0. The zero-order chi connectivity index (χ0) is 13.5. The van der Waals surface area contributed by atoms with Gasteiger partial charge in [-0.15, -0.1) is 0 Å². The molecule has 0 aliphatic carbocycles. The van der Waals surface area contributed by atoms with Crippen LogP contribution in [0.3, 0.4) is 0 Å². The molecule has 3 N–H and O–H groups in total. The third-order valence-electron chi connectivity index (χ3n) is 4.04. The quantitative estimate of drug-likeness (QED) is 0.513. The minimum absolute atomic E-state index is 0.817. The van der Waals surface area contributed by atoms with Gasteiger partial charge >= 0.3 is 0 Å². The van der Waals surface area contributed by atoms with Crippen molar-refractivity contribution < 1.29 is 0 Å². The molecule has 3 heterocycles. The van der Waals surface area contributed by atoms with Crippen molar-refractivity contribution in [2.75, 3.05) is 5.32 Å². The van der Waals surface area contributed by atoms with Crippen LogP contribution in [0.1, 0.15) is 11.1 Å². The molecule has 0 bridgehead atoms. The number of nitrogens with one attached hydrogen (secondary N) is 3. The van der Waals surface area contributed by atoms with Crippen LogP contribution in [-0.4, -0.2) is 9.98 Å². The van der Waals surface area contributed by atoms with Gasteiger partial charge in [-0.25, -0.2) is 10.2 Å². The van der Waals surface area contributed by atoms with Gasteiger partial charge in [0.25, 0.3) is 7.56 Å². The molecule has 3 aliphatic heterocycles. The van der Waals surface area contributed by atoms with Crippen LogP contribution in [0.4, 0.5) is 11.4 Å². The normalized spacial score (nSPS) is 18.8. The van der Waals surface area contributed by atoms with Crippen LogP contribution in [0.5, 0.6) is 0 Å². The van der Waals surface area contributed by atoms with Gasteiger partial charge in [0, 0.05) is 0 Å². The third kappa shape index (κ3) is 1.07. The van der Waals surface area contributed by atoms with E-state index in [9.17, 15) is 0 Å². The first-order valence-corrected chi connectivity index (χ1v) is 8.90. The van der Waals surface area contributed by atoms with Crippen molar-refractivity contribution >= 4 is 64.0 Å². The fourth-order valence-electron chi connectivity index (χ4n) is 3.31. The molecule has 0 saturated carbocycles. The molecule has 5 rings (SSSR count). The standard InChI is InChI=1S/C14H8N3PS2/c19-13-7-3-1-5-9-11(7)18(16-13)12-8(14(20)17-18)4-2-6-10(12)15-9/h1-6,15H,(H-,16,17,19,20)/p+1. The van der Waals surface area contributed by atoms with E-state index >= 15 is 0 Å². The Morgan fingerprint density at radius 1 is 0.750 bits per heavy atom. The first-order chi connectivity index (χ1) is 9.71. The predicted octanol–water partition coefficient (Wildman–Crippen LogP) is 2.10. The molecule has 0 saturated heterocycles. The second kappa shape index (κ2) is 3.37. The molecule has 2 aromatic rings. The number of benzene rings is 2. The fourth-order valence-corrected chi connectivity index (χ4v) is 8.28. The van der Waals surface area contributed by atoms with Crippen molar-refractivity contribution in [2.45, 2.75) is 0 Å². The van der Waals surface area contributed by atoms with Crippen molar-refractivity contribution in [3.05, 3.63) is 47.5 Å². The van der Waals surface area contributed by atoms with E-state index in [1.54, 1.807) is 0 Å². The Labute approximate surface area is 127 Å². The van der Waals surface area contributed by atoms with Crippen molar-refractivity contribution in [1.82, 2.24) is 10.2 Å². The van der Waals surface area contributed by atoms with Crippen molar-refractivity contribution in [2.24, 2.45) is 0 Å². The average molecular weight is 314 g/mol. The molecule has 0 radical (unpaired) electrons. The van der Waals surface area contributed by atoms with Crippen LogP contribution in [-0.2, 0) is 0 Å². The van der Waals surface area contributed by atoms with E-state index in [0.29, 0.717) is 0 Å². The SMILES string of the molecule is S=C1N[P+]23NC(=S)c4cccc(c42)Nc2cccc1c23. The lowest BCUT2D eigenvalue weighted by Crippen LogP contribution is -2.38. The predicted molar refractivity (Wildman–Crippen MR) is 92.0 cm³/mol. The molecule has 0 fully saturated rings. The third-order valence-corrected chi connectivity index (χ3v) is 8.41. The number of thiocarbonyl (C=S) groups is 2. The van der Waals surface area contributed by atoms with Crippen molar-refractivity contribution in [3.63, 3.8) is 0 Å². The molecule has 2 aromatic carbocycles. The van der Waals surface area contributed by atoms with Crippen LogP contribution < -0.4 is 26.1 Å². The number of hydrogen-bond acceptors (Lipinski definition) is 3. The Morgan fingerprint density at radius 2 is 1.25 bits per heavy atom. The molecule has 3 aliphatic rings. The summed E-state index contributed by atoms with van der Waals surface area (Å²) in [7, 11) is -1.90. The molecule has 3 nitrogen and oxygen atoms in total. The average Bonchev–Trinajstić information content (AvgIpc) is 2.89. The zero-order valence-electron chi connectivity index (χ0n) is 10.2. The van der Waals surface area contributed by atoms with E-state index in [2.05, 4.69) is 39.8 Å². The second-order valence-electron chi connectivity index (χ2n) is 5.08. The maximum atomic E-state index is 5.54. The van der Waals surface area contributed by atoms with E-state index in [1.807, 2.05) is 12.1 Å². The van der Waals surface area contributed by atoms with E-state index < -0.39 is 7.56 Å². The summed E-state index contributed by atoms with van der Waals surface area (Å²) in [5.74, 6) is 0. The molecule has 0 atom stereocenters. The first kappa shape index (κ1) is 11.1. The summed E-state index contributed by atoms with van der Waals surface area (Å²) in [6.45, 7) is 0. The molecular weight excluding hydrogens is 305 g/mol. The number of hydrogen-bond donors (Lipinski definition) is 3. The molecule has 0 amide bonds. The Hall–Kier alpha value is -1.55. The van der Waals surface area contributed by atoms with Gasteiger partial charge in [-0.3, -0.25) is 0 Å². The van der Waals surface area contributed by atoms with Gasteiger partial charge in [0.1, 0.15) is 9.98 Å². The highest BCUT2D eigenvalue weighted by atomic mass is 32.1. The van der Waals surface area contributed by atoms with Crippen LogP contribution in [0.2, 0.25) is 0 Å². The molecular formula is C14H9N3PS2+. The van der Waals surface area contributed by atoms with E-state index in [4.69, 9.17) is 24.4 Å². The first-order valence-electron chi connectivity index (χ1n) is 6.29. The van der Waals surface area contributed by atoms with Crippen molar-refractivity contribution in [3.8, 4) is 0 Å². The maximum Gasteiger partial charge on any atom is 0.265 e. The summed E-state index contributed by atoms with van der Waals surface area (Å²) in [5.41, 5.74) is 4.50. The maximum absolute atomic E-state index is 5.54. The lowest BCUT2D eigenvalue weighted by atomic mass is 10.1. The van der Waals surface area contributed by atoms with E-state index in [-0.39, 0.29) is 0 Å². The Kier molecular flexibility index (Phi) is 1.88. The molecule has 0 unspecified atom stereocenters. The minimum Gasteiger partial charge on any atom is -0.349 e. The molecule has 6 heteroatoms. The lowest BCUT2D eigenvalue weighted by molar-refractivity contribution is 1.43. The Balaban J connectivity index is 1.97.